The molecule has 0 atom stereocenters. The molecule has 2 aromatic rings. The lowest BCUT2D eigenvalue weighted by atomic mass is 10.3. The van der Waals surface area contributed by atoms with Gasteiger partial charge in [0.25, 0.3) is 0 Å². The molecule has 0 saturated heterocycles. The minimum absolute atomic E-state index is 0.401. The maximum absolute atomic E-state index is 5.98. The highest BCUT2D eigenvalue weighted by Crippen LogP contribution is 2.13. The first-order valence-electron chi connectivity index (χ1n) is 5.31. The zero-order chi connectivity index (χ0) is 12.3. The second-order valence-electron chi connectivity index (χ2n) is 3.53. The van der Waals surface area contributed by atoms with E-state index in [9.17, 15) is 0 Å². The number of aryl methyl sites for hydroxylation is 1. The van der Waals surface area contributed by atoms with Gasteiger partial charge in [-0.25, -0.2) is 4.98 Å². The van der Waals surface area contributed by atoms with Gasteiger partial charge in [0.05, 0.1) is 13.7 Å². The van der Waals surface area contributed by atoms with E-state index in [4.69, 9.17) is 16.3 Å². The zero-order valence-corrected chi connectivity index (χ0v) is 10.5. The van der Waals surface area contributed by atoms with Crippen molar-refractivity contribution < 1.29 is 4.74 Å². The molecule has 90 valence electrons. The lowest BCUT2D eigenvalue weighted by molar-refractivity contribution is 0.397. The van der Waals surface area contributed by atoms with Crippen LogP contribution in [0.5, 0.6) is 5.88 Å². The molecule has 0 aliphatic rings. The molecule has 5 nitrogen and oxygen atoms in total. The summed E-state index contributed by atoms with van der Waals surface area (Å²) in [5, 5.41) is 8.25. The Morgan fingerprint density at radius 1 is 1.35 bits per heavy atom. The number of methoxy groups -OCH3 is 1. The fourth-order valence-corrected chi connectivity index (χ4v) is 1.73. The molecular weight excluding hydrogens is 240 g/mol. The summed E-state index contributed by atoms with van der Waals surface area (Å²) in [6.07, 6.45) is 2.55. The van der Waals surface area contributed by atoms with Crippen LogP contribution in [0.15, 0.2) is 18.3 Å². The summed E-state index contributed by atoms with van der Waals surface area (Å²) in [5.41, 5.74) is 1.03. The van der Waals surface area contributed by atoms with Gasteiger partial charge in [-0.05, 0) is 17.2 Å². The second-order valence-corrected chi connectivity index (χ2v) is 3.87. The third-order valence-corrected chi connectivity index (χ3v) is 2.73. The van der Waals surface area contributed by atoms with E-state index in [0.717, 1.165) is 17.8 Å². The van der Waals surface area contributed by atoms with Gasteiger partial charge < -0.3 is 4.74 Å². The van der Waals surface area contributed by atoms with Gasteiger partial charge in [0.2, 0.25) is 11.2 Å². The summed E-state index contributed by atoms with van der Waals surface area (Å²) in [6, 6.07) is 3.76. The molecule has 0 fully saturated rings. The Morgan fingerprint density at radius 2 is 2.18 bits per heavy atom. The molecule has 0 aliphatic carbocycles. The molecule has 0 unspecified atom stereocenters. The van der Waals surface area contributed by atoms with Crippen LogP contribution in [-0.4, -0.2) is 26.9 Å². The monoisotopic (exact) mass is 252 g/mol. The van der Waals surface area contributed by atoms with E-state index in [0.29, 0.717) is 17.7 Å². The third-order valence-electron chi connectivity index (χ3n) is 2.45. The summed E-state index contributed by atoms with van der Waals surface area (Å²) in [5.74, 6) is 1.46. The van der Waals surface area contributed by atoms with Crippen LogP contribution < -0.4 is 4.74 Å². The van der Waals surface area contributed by atoms with E-state index in [1.807, 2.05) is 23.6 Å². The molecule has 0 bridgehead atoms. The van der Waals surface area contributed by atoms with Crippen molar-refractivity contribution in [3.05, 3.63) is 35.0 Å². The van der Waals surface area contributed by atoms with Gasteiger partial charge in [-0.3, -0.25) is 4.57 Å². The van der Waals surface area contributed by atoms with E-state index >= 15 is 0 Å². The Morgan fingerprint density at radius 3 is 2.76 bits per heavy atom. The molecule has 17 heavy (non-hydrogen) atoms. The van der Waals surface area contributed by atoms with Crippen molar-refractivity contribution in [3.8, 4) is 5.88 Å². The minimum Gasteiger partial charge on any atom is -0.481 e. The largest absolute Gasteiger partial charge is 0.481 e. The number of nitrogens with zero attached hydrogens (tertiary/aromatic N) is 4. The van der Waals surface area contributed by atoms with Gasteiger partial charge in [0.1, 0.15) is 5.82 Å². The molecule has 0 aromatic carbocycles. The fraction of sp³-hybridized carbons (Fsp3) is 0.364. The SMILES string of the molecule is CCc1nnc(Cl)n1Cc1ccc(OC)nc1. The lowest BCUT2D eigenvalue weighted by Crippen LogP contribution is -2.05. The van der Waals surface area contributed by atoms with Crippen LogP contribution in [-0.2, 0) is 13.0 Å². The maximum atomic E-state index is 5.98. The number of pyridine rings is 1. The number of ether oxygens (including phenoxy) is 1. The summed E-state index contributed by atoms with van der Waals surface area (Å²) < 4.78 is 6.87. The smallest absolute Gasteiger partial charge is 0.225 e. The molecule has 0 radical (unpaired) electrons. The molecule has 0 aliphatic heterocycles. The van der Waals surface area contributed by atoms with Crippen LogP contribution in [0.25, 0.3) is 0 Å². The first-order chi connectivity index (χ1) is 8.24. The summed E-state index contributed by atoms with van der Waals surface area (Å²) in [6.45, 7) is 2.63. The molecule has 2 aromatic heterocycles. The fourth-order valence-electron chi connectivity index (χ4n) is 1.54. The van der Waals surface area contributed by atoms with Crippen molar-refractivity contribution in [2.75, 3.05) is 7.11 Å². The topological polar surface area (TPSA) is 52.8 Å². The van der Waals surface area contributed by atoms with Gasteiger partial charge in [-0.15, -0.1) is 10.2 Å². The zero-order valence-electron chi connectivity index (χ0n) is 9.72. The molecule has 0 spiro atoms. The molecule has 2 heterocycles. The van der Waals surface area contributed by atoms with Crippen molar-refractivity contribution in [1.29, 1.82) is 0 Å². The maximum Gasteiger partial charge on any atom is 0.225 e. The number of aromatic nitrogens is 4. The predicted octanol–water partition coefficient (Wildman–Crippen LogP) is 1.95. The quantitative estimate of drug-likeness (QED) is 0.835. The average Bonchev–Trinajstić information content (AvgIpc) is 2.71. The highest BCUT2D eigenvalue weighted by atomic mass is 35.5. The van der Waals surface area contributed by atoms with Crippen LogP contribution in [0.2, 0.25) is 5.28 Å². The van der Waals surface area contributed by atoms with E-state index in [-0.39, 0.29) is 0 Å². The molecular formula is C11H13ClN4O. The van der Waals surface area contributed by atoms with E-state index in [1.165, 1.54) is 0 Å². The molecule has 2 rings (SSSR count). The van der Waals surface area contributed by atoms with Crippen molar-refractivity contribution in [2.45, 2.75) is 19.9 Å². The van der Waals surface area contributed by atoms with Crippen LogP contribution in [0.4, 0.5) is 0 Å². The molecule has 0 saturated carbocycles. The Kier molecular flexibility index (Phi) is 3.58. The normalized spacial score (nSPS) is 10.5. The highest BCUT2D eigenvalue weighted by molar-refractivity contribution is 6.28. The van der Waals surface area contributed by atoms with Crippen molar-refractivity contribution in [2.24, 2.45) is 0 Å². The number of hydrogen-bond acceptors (Lipinski definition) is 4. The lowest BCUT2D eigenvalue weighted by Gasteiger charge is -2.06. The minimum atomic E-state index is 0.401. The van der Waals surface area contributed by atoms with Gasteiger partial charge in [0, 0.05) is 18.7 Å². The Hall–Kier alpha value is -1.62. The van der Waals surface area contributed by atoms with E-state index in [2.05, 4.69) is 15.2 Å². The van der Waals surface area contributed by atoms with Crippen LogP contribution >= 0.6 is 11.6 Å². The molecule has 0 N–H and O–H groups in total. The third kappa shape index (κ3) is 2.55. The number of halogens is 1. The standard InChI is InChI=1S/C11H13ClN4O/c1-3-9-14-15-11(12)16(9)7-8-4-5-10(17-2)13-6-8/h4-6H,3,7H2,1-2H3. The van der Waals surface area contributed by atoms with Crippen molar-refractivity contribution >= 4 is 11.6 Å². The highest BCUT2D eigenvalue weighted by Gasteiger charge is 2.09. The van der Waals surface area contributed by atoms with Gasteiger partial charge in [-0.1, -0.05) is 13.0 Å². The van der Waals surface area contributed by atoms with Crippen LogP contribution in [0.3, 0.4) is 0 Å². The first kappa shape index (κ1) is 11.9. The first-order valence-corrected chi connectivity index (χ1v) is 5.69. The van der Waals surface area contributed by atoms with E-state index < -0.39 is 0 Å². The summed E-state index contributed by atoms with van der Waals surface area (Å²) >= 11 is 5.98. The predicted molar refractivity (Wildman–Crippen MR) is 64.3 cm³/mol. The second kappa shape index (κ2) is 5.14. The number of rotatable bonds is 4. The Balaban J connectivity index is 2.21. The van der Waals surface area contributed by atoms with Crippen LogP contribution in [0.1, 0.15) is 18.3 Å². The summed E-state index contributed by atoms with van der Waals surface area (Å²) in [4.78, 5) is 4.14. The number of hydrogen-bond donors (Lipinski definition) is 0. The van der Waals surface area contributed by atoms with Crippen molar-refractivity contribution in [3.63, 3.8) is 0 Å². The molecule has 0 amide bonds. The Labute approximate surface area is 104 Å². The van der Waals surface area contributed by atoms with Gasteiger partial charge in [-0.2, -0.15) is 0 Å². The van der Waals surface area contributed by atoms with E-state index in [1.54, 1.807) is 13.3 Å². The Bertz CT molecular complexity index is 495. The van der Waals surface area contributed by atoms with Crippen LogP contribution in [0, 0.1) is 0 Å². The average molecular weight is 253 g/mol. The van der Waals surface area contributed by atoms with Gasteiger partial charge >= 0.3 is 0 Å². The van der Waals surface area contributed by atoms with Gasteiger partial charge in [0.15, 0.2) is 0 Å². The van der Waals surface area contributed by atoms with Crippen molar-refractivity contribution in [1.82, 2.24) is 19.7 Å². The summed E-state index contributed by atoms with van der Waals surface area (Å²) in [7, 11) is 1.59. The molecule has 6 heteroatoms.